The van der Waals surface area contributed by atoms with Crippen LogP contribution in [-0.2, 0) is 0 Å². The van der Waals surface area contributed by atoms with Crippen molar-refractivity contribution in [2.24, 2.45) is 0 Å². The highest BCUT2D eigenvalue weighted by Gasteiger charge is 2.16. The number of nitrogens with zero attached hydrogens (tertiary/aromatic N) is 1. The molecule has 22 heavy (non-hydrogen) atoms. The predicted molar refractivity (Wildman–Crippen MR) is 92.1 cm³/mol. The van der Waals surface area contributed by atoms with E-state index in [1.165, 1.54) is 16.7 Å². The average molecular weight is 288 g/mol. The van der Waals surface area contributed by atoms with Crippen LogP contribution < -0.4 is 5.32 Å². The molecular formula is C20H20N2. The molecule has 0 amide bonds. The van der Waals surface area contributed by atoms with Gasteiger partial charge in [0.25, 0.3) is 0 Å². The Hall–Kier alpha value is -2.61. The Morgan fingerprint density at radius 2 is 1.59 bits per heavy atom. The zero-order valence-corrected chi connectivity index (χ0v) is 13.0. The zero-order chi connectivity index (χ0) is 15.4. The maximum absolute atomic E-state index is 4.54. The fourth-order valence-corrected chi connectivity index (χ4v) is 2.58. The normalized spacial score (nSPS) is 11.9. The number of aromatic nitrogens is 1. The van der Waals surface area contributed by atoms with Crippen LogP contribution in [-0.4, -0.2) is 4.98 Å². The van der Waals surface area contributed by atoms with Crippen molar-refractivity contribution < 1.29 is 0 Å². The van der Waals surface area contributed by atoms with Crippen molar-refractivity contribution in [2.45, 2.75) is 19.9 Å². The highest BCUT2D eigenvalue weighted by molar-refractivity contribution is 5.56. The largest absolute Gasteiger partial charge is 0.373 e. The van der Waals surface area contributed by atoms with Crippen molar-refractivity contribution in [1.29, 1.82) is 0 Å². The molecule has 0 aliphatic carbocycles. The summed E-state index contributed by atoms with van der Waals surface area (Å²) in [4.78, 5) is 4.54. The molecule has 3 aromatic rings. The van der Waals surface area contributed by atoms with Gasteiger partial charge in [-0.25, -0.2) is 0 Å². The summed E-state index contributed by atoms with van der Waals surface area (Å²) >= 11 is 0. The molecule has 2 aromatic carbocycles. The van der Waals surface area contributed by atoms with Crippen molar-refractivity contribution in [2.75, 3.05) is 5.32 Å². The third kappa shape index (κ3) is 3.01. The van der Waals surface area contributed by atoms with Crippen LogP contribution >= 0.6 is 0 Å². The van der Waals surface area contributed by atoms with Gasteiger partial charge in [-0.1, -0.05) is 48.5 Å². The second kappa shape index (κ2) is 6.44. The lowest BCUT2D eigenvalue weighted by molar-refractivity contribution is 0.884. The maximum atomic E-state index is 4.54. The molecule has 0 spiro atoms. The maximum Gasteiger partial charge on any atom is 0.0940 e. The van der Waals surface area contributed by atoms with E-state index < -0.39 is 0 Å². The van der Waals surface area contributed by atoms with E-state index in [2.05, 4.69) is 72.7 Å². The molecule has 0 bridgehead atoms. The Morgan fingerprint density at radius 1 is 0.818 bits per heavy atom. The molecule has 1 aromatic heterocycles. The Labute approximate surface area is 131 Å². The fourth-order valence-electron chi connectivity index (χ4n) is 2.58. The molecule has 0 saturated heterocycles. The van der Waals surface area contributed by atoms with Crippen LogP contribution in [0.4, 0.5) is 5.69 Å². The number of benzene rings is 2. The molecule has 1 N–H and O–H groups in total. The highest BCUT2D eigenvalue weighted by atomic mass is 14.9. The van der Waals surface area contributed by atoms with Gasteiger partial charge in [0.1, 0.15) is 0 Å². The van der Waals surface area contributed by atoms with Gasteiger partial charge in [-0.2, -0.15) is 0 Å². The summed E-state index contributed by atoms with van der Waals surface area (Å²) in [5.74, 6) is 0. The monoisotopic (exact) mass is 288 g/mol. The van der Waals surface area contributed by atoms with Gasteiger partial charge in [0.2, 0.25) is 0 Å². The highest BCUT2D eigenvalue weighted by Crippen LogP contribution is 2.28. The van der Waals surface area contributed by atoms with Crippen LogP contribution in [0, 0.1) is 13.8 Å². The lowest BCUT2D eigenvalue weighted by atomic mass is 10.0. The van der Waals surface area contributed by atoms with Crippen molar-refractivity contribution in [3.8, 4) is 0 Å². The Bertz CT molecular complexity index is 697. The van der Waals surface area contributed by atoms with Crippen LogP contribution in [0.15, 0.2) is 72.9 Å². The Kier molecular flexibility index (Phi) is 4.19. The average Bonchev–Trinajstić information content (AvgIpc) is 2.58. The summed E-state index contributed by atoms with van der Waals surface area (Å²) < 4.78 is 0. The first-order chi connectivity index (χ1) is 10.8. The van der Waals surface area contributed by atoms with Gasteiger partial charge in [-0.15, -0.1) is 0 Å². The van der Waals surface area contributed by atoms with Crippen LogP contribution in [0.25, 0.3) is 0 Å². The van der Waals surface area contributed by atoms with Gasteiger partial charge in [0.15, 0.2) is 0 Å². The summed E-state index contributed by atoms with van der Waals surface area (Å²) in [7, 11) is 0. The number of pyridine rings is 1. The van der Waals surface area contributed by atoms with Crippen molar-refractivity contribution >= 4 is 5.69 Å². The van der Waals surface area contributed by atoms with Crippen LogP contribution in [0.1, 0.15) is 28.4 Å². The number of hydrogen-bond acceptors (Lipinski definition) is 2. The lowest BCUT2D eigenvalue weighted by Gasteiger charge is -2.22. The topological polar surface area (TPSA) is 24.9 Å². The molecule has 0 saturated carbocycles. The molecule has 0 aliphatic heterocycles. The van der Waals surface area contributed by atoms with Crippen molar-refractivity contribution in [3.05, 3.63) is 95.3 Å². The number of hydrogen-bond donors (Lipinski definition) is 1. The summed E-state index contributed by atoms with van der Waals surface area (Å²) in [5, 5.41) is 3.66. The van der Waals surface area contributed by atoms with Crippen LogP contribution in [0.3, 0.4) is 0 Å². The first kappa shape index (κ1) is 14.3. The van der Waals surface area contributed by atoms with E-state index in [-0.39, 0.29) is 6.04 Å². The molecule has 1 heterocycles. The minimum Gasteiger partial charge on any atom is -0.373 e. The standard InChI is InChI=1S/C20H20N2/c1-15-9-8-13-18(16(15)2)22-20(17-10-4-3-5-11-17)19-12-6-7-14-21-19/h3-14,20,22H,1-2H3. The van der Waals surface area contributed by atoms with Crippen LogP contribution in [0.5, 0.6) is 0 Å². The van der Waals surface area contributed by atoms with E-state index >= 15 is 0 Å². The quantitative estimate of drug-likeness (QED) is 0.738. The molecule has 1 unspecified atom stereocenters. The van der Waals surface area contributed by atoms with Gasteiger partial charge in [0.05, 0.1) is 11.7 Å². The summed E-state index contributed by atoms with van der Waals surface area (Å²) in [6.45, 7) is 4.29. The molecule has 110 valence electrons. The molecule has 2 heteroatoms. The number of anilines is 1. The van der Waals surface area contributed by atoms with Crippen molar-refractivity contribution in [3.63, 3.8) is 0 Å². The summed E-state index contributed by atoms with van der Waals surface area (Å²) in [5.41, 5.74) is 5.95. The third-order valence-electron chi connectivity index (χ3n) is 4.02. The predicted octanol–water partition coefficient (Wildman–Crippen LogP) is 4.90. The van der Waals surface area contributed by atoms with Gasteiger partial charge >= 0.3 is 0 Å². The third-order valence-corrected chi connectivity index (χ3v) is 4.02. The minimum absolute atomic E-state index is 0.0444. The second-order valence-corrected chi connectivity index (χ2v) is 5.49. The molecule has 0 radical (unpaired) electrons. The fraction of sp³-hybridized carbons (Fsp3) is 0.150. The van der Waals surface area contributed by atoms with Gasteiger partial charge in [-0.3, -0.25) is 4.98 Å². The van der Waals surface area contributed by atoms with E-state index in [0.717, 1.165) is 11.4 Å². The minimum atomic E-state index is 0.0444. The summed E-state index contributed by atoms with van der Waals surface area (Å²) in [6, 6.07) is 22.9. The summed E-state index contributed by atoms with van der Waals surface area (Å²) in [6.07, 6.45) is 1.84. The molecular weight excluding hydrogens is 268 g/mol. The van der Waals surface area contributed by atoms with E-state index in [1.54, 1.807) is 0 Å². The van der Waals surface area contributed by atoms with Gasteiger partial charge < -0.3 is 5.32 Å². The molecule has 3 rings (SSSR count). The lowest BCUT2D eigenvalue weighted by Crippen LogP contribution is -2.14. The molecule has 0 fully saturated rings. The van der Waals surface area contributed by atoms with Crippen LogP contribution in [0.2, 0.25) is 0 Å². The molecule has 1 atom stereocenters. The smallest absolute Gasteiger partial charge is 0.0940 e. The van der Waals surface area contributed by atoms with E-state index in [0.29, 0.717) is 0 Å². The van der Waals surface area contributed by atoms with Gasteiger partial charge in [0, 0.05) is 11.9 Å². The van der Waals surface area contributed by atoms with E-state index in [9.17, 15) is 0 Å². The second-order valence-electron chi connectivity index (χ2n) is 5.49. The number of nitrogens with one attached hydrogen (secondary N) is 1. The Morgan fingerprint density at radius 3 is 2.32 bits per heavy atom. The Balaban J connectivity index is 2.01. The first-order valence-electron chi connectivity index (χ1n) is 7.54. The number of rotatable bonds is 4. The van der Waals surface area contributed by atoms with E-state index in [1.807, 2.05) is 24.4 Å². The zero-order valence-electron chi connectivity index (χ0n) is 13.0. The van der Waals surface area contributed by atoms with Crippen molar-refractivity contribution in [1.82, 2.24) is 4.98 Å². The molecule has 2 nitrogen and oxygen atoms in total. The van der Waals surface area contributed by atoms with Gasteiger partial charge in [-0.05, 0) is 48.7 Å². The first-order valence-corrected chi connectivity index (χ1v) is 7.54. The van der Waals surface area contributed by atoms with E-state index in [4.69, 9.17) is 0 Å². The molecule has 0 aliphatic rings. The SMILES string of the molecule is Cc1cccc(NC(c2ccccc2)c2ccccn2)c1C. The number of aryl methyl sites for hydroxylation is 1.